The Bertz CT molecular complexity index is 403. The first-order valence-electron chi connectivity index (χ1n) is 6.24. The summed E-state index contributed by atoms with van der Waals surface area (Å²) in [5.41, 5.74) is 0. The number of hydrogen-bond acceptors (Lipinski definition) is 4. The van der Waals surface area contributed by atoms with Crippen molar-refractivity contribution in [2.45, 2.75) is 38.1 Å². The molecule has 1 aliphatic heterocycles. The van der Waals surface area contributed by atoms with Crippen molar-refractivity contribution in [2.24, 2.45) is 0 Å². The molecule has 2 rings (SSSR count). The molecule has 4 nitrogen and oxygen atoms in total. The monoisotopic (exact) mass is 288 g/mol. The van der Waals surface area contributed by atoms with Gasteiger partial charge in [-0.25, -0.2) is 4.98 Å². The van der Waals surface area contributed by atoms with Gasteiger partial charge in [0.15, 0.2) is 0 Å². The van der Waals surface area contributed by atoms with Crippen molar-refractivity contribution in [3.05, 3.63) is 15.5 Å². The molecule has 0 amide bonds. The number of carbonyl (C=O) groups is 1. The summed E-state index contributed by atoms with van der Waals surface area (Å²) < 4.78 is 0.621. The summed E-state index contributed by atoms with van der Waals surface area (Å²) in [6.45, 7) is 1.91. The number of carboxylic acids is 1. The molecule has 6 heteroatoms. The lowest BCUT2D eigenvalue weighted by atomic mass is 10.1. The Balaban J connectivity index is 2.15. The number of halogens is 1. The standard InChI is InChI=1S/C12H17ClN2O2S/c13-10-8-14-12(18-10)9(7-11(16)17)15-5-3-1-2-4-6-15/h8-9H,1-7H2,(H,16,17). The van der Waals surface area contributed by atoms with Crippen molar-refractivity contribution < 1.29 is 9.90 Å². The van der Waals surface area contributed by atoms with Crippen LogP contribution in [0.4, 0.5) is 0 Å². The maximum absolute atomic E-state index is 11.0. The van der Waals surface area contributed by atoms with Crippen LogP contribution >= 0.6 is 22.9 Å². The molecule has 0 radical (unpaired) electrons. The van der Waals surface area contributed by atoms with Crippen molar-refractivity contribution in [2.75, 3.05) is 13.1 Å². The predicted octanol–water partition coefficient (Wildman–Crippen LogP) is 3.19. The van der Waals surface area contributed by atoms with Gasteiger partial charge in [0.05, 0.1) is 18.7 Å². The zero-order valence-corrected chi connectivity index (χ0v) is 11.7. The van der Waals surface area contributed by atoms with E-state index >= 15 is 0 Å². The average Bonchev–Trinajstić information content (AvgIpc) is 2.60. The molecule has 0 saturated carbocycles. The molecule has 0 spiro atoms. The number of carboxylic acid groups (broad SMARTS) is 1. The van der Waals surface area contributed by atoms with Gasteiger partial charge in [-0.1, -0.05) is 24.4 Å². The van der Waals surface area contributed by atoms with E-state index in [0.29, 0.717) is 4.34 Å². The third-order valence-corrected chi connectivity index (χ3v) is 4.45. The average molecular weight is 289 g/mol. The fraction of sp³-hybridized carbons (Fsp3) is 0.667. The van der Waals surface area contributed by atoms with Crippen molar-refractivity contribution in [1.29, 1.82) is 0 Å². The van der Waals surface area contributed by atoms with Crippen LogP contribution in [0.3, 0.4) is 0 Å². The van der Waals surface area contributed by atoms with E-state index in [4.69, 9.17) is 16.7 Å². The van der Waals surface area contributed by atoms with Crippen molar-refractivity contribution >= 4 is 28.9 Å². The maximum atomic E-state index is 11.0. The Morgan fingerprint density at radius 1 is 1.44 bits per heavy atom. The number of rotatable bonds is 4. The second kappa shape index (κ2) is 6.50. The minimum atomic E-state index is -0.782. The highest BCUT2D eigenvalue weighted by atomic mass is 35.5. The zero-order chi connectivity index (χ0) is 13.0. The first-order chi connectivity index (χ1) is 8.66. The smallest absolute Gasteiger partial charge is 0.305 e. The molecule has 2 heterocycles. The summed E-state index contributed by atoms with van der Waals surface area (Å²) in [5, 5.41) is 9.89. The highest BCUT2D eigenvalue weighted by Gasteiger charge is 2.26. The molecule has 1 fully saturated rings. The Labute approximate surface area is 116 Å². The Morgan fingerprint density at radius 3 is 2.61 bits per heavy atom. The first-order valence-corrected chi connectivity index (χ1v) is 7.43. The molecule has 1 aromatic heterocycles. The second-order valence-corrected chi connectivity index (χ2v) is 6.26. The van der Waals surface area contributed by atoms with Crippen LogP contribution in [0.1, 0.15) is 43.2 Å². The number of aliphatic carboxylic acids is 1. The number of aromatic nitrogens is 1. The van der Waals surface area contributed by atoms with Gasteiger partial charge in [0.1, 0.15) is 9.34 Å². The second-order valence-electron chi connectivity index (χ2n) is 4.57. The topological polar surface area (TPSA) is 53.4 Å². The lowest BCUT2D eigenvalue weighted by Crippen LogP contribution is -2.31. The van der Waals surface area contributed by atoms with E-state index in [0.717, 1.165) is 30.9 Å². The zero-order valence-electron chi connectivity index (χ0n) is 10.1. The number of nitrogens with zero attached hydrogens (tertiary/aromatic N) is 2. The molecular weight excluding hydrogens is 272 g/mol. The van der Waals surface area contributed by atoms with Crippen LogP contribution in [0.2, 0.25) is 4.34 Å². The molecule has 1 aliphatic rings. The van der Waals surface area contributed by atoms with Gasteiger partial charge in [-0.2, -0.15) is 0 Å². The fourth-order valence-electron chi connectivity index (χ4n) is 2.37. The van der Waals surface area contributed by atoms with Crippen LogP contribution in [0, 0.1) is 0 Å². The molecule has 1 N–H and O–H groups in total. The summed E-state index contributed by atoms with van der Waals surface area (Å²) in [7, 11) is 0. The Hall–Kier alpha value is -0.650. The molecule has 18 heavy (non-hydrogen) atoms. The van der Waals surface area contributed by atoms with E-state index in [9.17, 15) is 4.79 Å². The Morgan fingerprint density at radius 2 is 2.11 bits per heavy atom. The molecule has 1 atom stereocenters. The summed E-state index contributed by atoms with van der Waals surface area (Å²) in [6, 6.07) is -0.127. The quantitative estimate of drug-likeness (QED) is 0.924. The van der Waals surface area contributed by atoms with Crippen molar-refractivity contribution in [3.8, 4) is 0 Å². The van der Waals surface area contributed by atoms with Gasteiger partial charge in [-0.05, 0) is 25.9 Å². The third-order valence-electron chi connectivity index (χ3n) is 3.23. The molecule has 0 aromatic carbocycles. The molecule has 0 bridgehead atoms. The summed E-state index contributed by atoms with van der Waals surface area (Å²) >= 11 is 7.29. The first kappa shape index (κ1) is 13.8. The van der Waals surface area contributed by atoms with E-state index < -0.39 is 5.97 Å². The van der Waals surface area contributed by atoms with E-state index in [2.05, 4.69) is 9.88 Å². The fourth-order valence-corrected chi connectivity index (χ4v) is 3.43. The lowest BCUT2D eigenvalue weighted by Gasteiger charge is -2.27. The SMILES string of the molecule is O=C(O)CC(c1ncc(Cl)s1)N1CCCCCC1. The van der Waals surface area contributed by atoms with Crippen LogP contribution in [-0.2, 0) is 4.79 Å². The maximum Gasteiger partial charge on any atom is 0.305 e. The van der Waals surface area contributed by atoms with Crippen molar-refractivity contribution in [1.82, 2.24) is 9.88 Å². The summed E-state index contributed by atoms with van der Waals surface area (Å²) in [6.07, 6.45) is 6.44. The normalized spacial score (nSPS) is 19.4. The van der Waals surface area contributed by atoms with Gasteiger partial charge in [0, 0.05) is 0 Å². The molecule has 1 saturated heterocycles. The van der Waals surface area contributed by atoms with E-state index in [-0.39, 0.29) is 12.5 Å². The minimum absolute atomic E-state index is 0.101. The van der Waals surface area contributed by atoms with E-state index in [1.165, 1.54) is 24.2 Å². The Kier molecular flexibility index (Phi) is 4.97. The summed E-state index contributed by atoms with van der Waals surface area (Å²) in [5.74, 6) is -0.782. The summed E-state index contributed by atoms with van der Waals surface area (Å²) in [4.78, 5) is 17.5. The van der Waals surface area contributed by atoms with Gasteiger partial charge >= 0.3 is 5.97 Å². The van der Waals surface area contributed by atoms with Crippen LogP contribution in [0.25, 0.3) is 0 Å². The van der Waals surface area contributed by atoms with Gasteiger partial charge < -0.3 is 5.11 Å². The van der Waals surface area contributed by atoms with E-state index in [1.807, 2.05) is 0 Å². The number of hydrogen-bond donors (Lipinski definition) is 1. The minimum Gasteiger partial charge on any atom is -0.481 e. The predicted molar refractivity (Wildman–Crippen MR) is 72.2 cm³/mol. The largest absolute Gasteiger partial charge is 0.481 e. The lowest BCUT2D eigenvalue weighted by molar-refractivity contribution is -0.138. The van der Waals surface area contributed by atoms with Gasteiger partial charge in [-0.3, -0.25) is 9.69 Å². The van der Waals surface area contributed by atoms with E-state index in [1.54, 1.807) is 6.20 Å². The van der Waals surface area contributed by atoms with Gasteiger partial charge in [0.25, 0.3) is 0 Å². The molecule has 1 unspecified atom stereocenters. The third kappa shape index (κ3) is 3.67. The van der Waals surface area contributed by atoms with Crippen molar-refractivity contribution in [3.63, 3.8) is 0 Å². The number of thiazole rings is 1. The van der Waals surface area contributed by atoms with Crippen LogP contribution < -0.4 is 0 Å². The highest BCUT2D eigenvalue weighted by molar-refractivity contribution is 7.15. The molecule has 0 aliphatic carbocycles. The van der Waals surface area contributed by atoms with Crippen LogP contribution in [0.15, 0.2) is 6.20 Å². The molecule has 100 valence electrons. The number of likely N-dealkylation sites (tertiary alicyclic amines) is 1. The molecule has 1 aromatic rings. The molecular formula is C12H17ClN2O2S. The highest BCUT2D eigenvalue weighted by Crippen LogP contribution is 2.31. The van der Waals surface area contributed by atoms with Crippen LogP contribution in [-0.4, -0.2) is 34.0 Å². The van der Waals surface area contributed by atoms with Gasteiger partial charge in [0.2, 0.25) is 0 Å². The van der Waals surface area contributed by atoms with Gasteiger partial charge in [-0.15, -0.1) is 11.3 Å². The van der Waals surface area contributed by atoms with Crippen LogP contribution in [0.5, 0.6) is 0 Å².